The van der Waals surface area contributed by atoms with Crippen LogP contribution in [0.1, 0.15) is 20.8 Å². The normalized spacial score (nSPS) is 10.0. The molecule has 0 radical (unpaired) electrons. The van der Waals surface area contributed by atoms with Crippen LogP contribution in [0.3, 0.4) is 0 Å². The number of hydrogen-bond donors (Lipinski definition) is 1. The molecule has 0 aromatic carbocycles. The second kappa shape index (κ2) is 2.72. The van der Waals surface area contributed by atoms with E-state index in [1.54, 1.807) is 20.8 Å². The van der Waals surface area contributed by atoms with Crippen LogP contribution >= 0.6 is 0 Å². The molecule has 0 saturated heterocycles. The fraction of sp³-hybridized carbons (Fsp3) is 1.00. The first-order valence-electron chi connectivity index (χ1n) is 1.72. The molecule has 0 saturated carbocycles. The first-order chi connectivity index (χ1) is 2.00. The predicted octanol–water partition coefficient (Wildman–Crippen LogP) is 0.775. The van der Waals surface area contributed by atoms with Crippen LogP contribution in [0.15, 0.2) is 0 Å². The first kappa shape index (κ1) is 9.78. The molecule has 0 fully saturated rings. The van der Waals surface area contributed by atoms with Gasteiger partial charge in [-0.25, -0.2) is 0 Å². The summed E-state index contributed by atoms with van der Waals surface area (Å²) in [5.41, 5.74) is -0.500. The molecule has 0 aliphatic carbocycles. The van der Waals surface area contributed by atoms with E-state index in [-0.39, 0.29) is 19.8 Å². The van der Waals surface area contributed by atoms with E-state index in [0.717, 1.165) is 0 Å². The maximum atomic E-state index is 8.52. The van der Waals surface area contributed by atoms with Crippen molar-refractivity contribution >= 4 is 0 Å². The van der Waals surface area contributed by atoms with Gasteiger partial charge in [-0.2, -0.15) is 0 Å². The second-order valence-electron chi connectivity index (χ2n) is 2.17. The molecule has 0 rings (SSSR count). The summed E-state index contributed by atoms with van der Waals surface area (Å²) in [7, 11) is 0. The van der Waals surface area contributed by atoms with Crippen molar-refractivity contribution < 1.29 is 24.9 Å². The quantitative estimate of drug-likeness (QED) is 0.685. The van der Waals surface area contributed by atoms with Gasteiger partial charge in [-0.05, 0) is 20.8 Å². The van der Waals surface area contributed by atoms with Gasteiger partial charge in [0.1, 0.15) is 0 Å². The van der Waals surface area contributed by atoms with Crippen LogP contribution in [0.2, 0.25) is 0 Å². The van der Waals surface area contributed by atoms with E-state index in [0.29, 0.717) is 0 Å². The average molecular weight is 264 g/mol. The van der Waals surface area contributed by atoms with Gasteiger partial charge in [0.05, 0.1) is 5.60 Å². The second-order valence-corrected chi connectivity index (χ2v) is 2.17. The molecule has 1 N–H and O–H groups in total. The summed E-state index contributed by atoms with van der Waals surface area (Å²) in [6.07, 6.45) is 0. The first-order valence-corrected chi connectivity index (χ1v) is 1.72. The Balaban J connectivity index is 0. The van der Waals surface area contributed by atoms with Crippen molar-refractivity contribution in [2.24, 2.45) is 0 Å². The summed E-state index contributed by atoms with van der Waals surface area (Å²) in [5.74, 6) is 0. The van der Waals surface area contributed by atoms with E-state index in [9.17, 15) is 0 Å². The summed E-state index contributed by atoms with van der Waals surface area (Å²) >= 11 is 0. The molecule has 6 heavy (non-hydrogen) atoms. The average Bonchev–Trinajstić information content (AvgIpc) is 0.722. The van der Waals surface area contributed by atoms with Gasteiger partial charge in [0.15, 0.2) is 0 Å². The molecule has 0 aromatic heterocycles. The summed E-state index contributed by atoms with van der Waals surface area (Å²) in [4.78, 5) is 0. The molecule has 2 heteroatoms. The summed E-state index contributed by atoms with van der Waals surface area (Å²) < 4.78 is 0. The van der Waals surface area contributed by atoms with E-state index in [4.69, 9.17) is 5.11 Å². The molecular formula is C4H10OOs. The molecule has 0 heterocycles. The van der Waals surface area contributed by atoms with Crippen molar-refractivity contribution in [3.63, 3.8) is 0 Å². The van der Waals surface area contributed by atoms with Crippen molar-refractivity contribution in [1.82, 2.24) is 0 Å². The Morgan fingerprint density at radius 2 is 1.17 bits per heavy atom. The van der Waals surface area contributed by atoms with Gasteiger partial charge in [-0.15, -0.1) is 0 Å². The zero-order valence-electron chi connectivity index (χ0n) is 4.30. The van der Waals surface area contributed by atoms with Gasteiger partial charge >= 0.3 is 0 Å². The van der Waals surface area contributed by atoms with Crippen molar-refractivity contribution in [2.75, 3.05) is 0 Å². The Hall–Kier alpha value is 0.596. The number of rotatable bonds is 0. The molecular weight excluding hydrogens is 254 g/mol. The fourth-order valence-electron chi connectivity index (χ4n) is 0. The third-order valence-corrected chi connectivity index (χ3v) is 0. The maximum absolute atomic E-state index is 8.52. The SMILES string of the molecule is CC(C)(C)O.[Os]. The minimum absolute atomic E-state index is 0. The van der Waals surface area contributed by atoms with Crippen LogP contribution in [-0.2, 0) is 19.8 Å². The van der Waals surface area contributed by atoms with Crippen LogP contribution in [0.4, 0.5) is 0 Å². The van der Waals surface area contributed by atoms with E-state index < -0.39 is 5.60 Å². The zero-order valence-corrected chi connectivity index (χ0v) is 6.84. The predicted molar refractivity (Wildman–Crippen MR) is 22.0 cm³/mol. The van der Waals surface area contributed by atoms with Crippen molar-refractivity contribution in [1.29, 1.82) is 0 Å². The topological polar surface area (TPSA) is 20.2 Å². The Morgan fingerprint density at radius 1 is 1.17 bits per heavy atom. The molecule has 0 amide bonds. The van der Waals surface area contributed by atoms with Gasteiger partial charge in [0, 0.05) is 19.8 Å². The molecule has 0 spiro atoms. The summed E-state index contributed by atoms with van der Waals surface area (Å²) in [6, 6.07) is 0. The van der Waals surface area contributed by atoms with Crippen LogP contribution in [0.5, 0.6) is 0 Å². The van der Waals surface area contributed by atoms with Crippen LogP contribution in [0, 0.1) is 0 Å². The molecule has 1 nitrogen and oxygen atoms in total. The molecule has 0 aliphatic rings. The van der Waals surface area contributed by atoms with Gasteiger partial charge in [0.2, 0.25) is 0 Å². The van der Waals surface area contributed by atoms with Crippen molar-refractivity contribution in [2.45, 2.75) is 26.4 Å². The zero-order chi connectivity index (χ0) is 4.50. The fourth-order valence-corrected chi connectivity index (χ4v) is 0. The molecule has 0 unspecified atom stereocenters. The largest absolute Gasteiger partial charge is 0.391 e. The molecule has 0 bridgehead atoms. The van der Waals surface area contributed by atoms with E-state index >= 15 is 0 Å². The molecule has 0 atom stereocenters. The van der Waals surface area contributed by atoms with Gasteiger partial charge in [-0.3, -0.25) is 0 Å². The minimum atomic E-state index is -0.500. The van der Waals surface area contributed by atoms with E-state index in [2.05, 4.69) is 0 Å². The van der Waals surface area contributed by atoms with Crippen LogP contribution in [-0.4, -0.2) is 10.7 Å². The van der Waals surface area contributed by atoms with Gasteiger partial charge in [-0.1, -0.05) is 0 Å². The minimum Gasteiger partial charge on any atom is -0.391 e. The maximum Gasteiger partial charge on any atom is 0.0563 e. The molecule has 0 aliphatic heterocycles. The van der Waals surface area contributed by atoms with Gasteiger partial charge in [0.25, 0.3) is 0 Å². The van der Waals surface area contributed by atoms with Crippen LogP contribution < -0.4 is 0 Å². The Labute approximate surface area is 51.8 Å². The molecule has 40 valence electrons. The third-order valence-electron chi connectivity index (χ3n) is 0. The van der Waals surface area contributed by atoms with E-state index in [1.165, 1.54) is 0 Å². The Kier molecular flexibility index (Phi) is 4.43. The Bertz CT molecular complexity index is 23.0. The monoisotopic (exact) mass is 266 g/mol. The van der Waals surface area contributed by atoms with E-state index in [1.807, 2.05) is 0 Å². The standard InChI is InChI=1S/C4H10O.Os/c1-4(2,3)5;/h5H,1-3H3;. The summed E-state index contributed by atoms with van der Waals surface area (Å²) in [6.45, 7) is 5.23. The van der Waals surface area contributed by atoms with Crippen molar-refractivity contribution in [3.8, 4) is 0 Å². The molecule has 0 aromatic rings. The van der Waals surface area contributed by atoms with Crippen LogP contribution in [0.25, 0.3) is 0 Å². The smallest absolute Gasteiger partial charge is 0.0563 e. The van der Waals surface area contributed by atoms with Crippen molar-refractivity contribution in [3.05, 3.63) is 0 Å². The summed E-state index contributed by atoms with van der Waals surface area (Å²) in [5, 5.41) is 8.52. The van der Waals surface area contributed by atoms with Gasteiger partial charge < -0.3 is 5.11 Å². The number of hydrogen-bond acceptors (Lipinski definition) is 1. The number of aliphatic hydroxyl groups is 1. The third kappa shape index (κ3) is 167. The Morgan fingerprint density at radius 3 is 1.17 bits per heavy atom.